The van der Waals surface area contributed by atoms with Crippen LogP contribution < -0.4 is 5.32 Å². The second kappa shape index (κ2) is 7.94. The fourth-order valence-corrected chi connectivity index (χ4v) is 3.49. The zero-order chi connectivity index (χ0) is 16.1. The molecule has 21 heavy (non-hydrogen) atoms. The summed E-state index contributed by atoms with van der Waals surface area (Å²) in [5, 5.41) is 13.8. The van der Waals surface area contributed by atoms with Gasteiger partial charge in [0.05, 0.1) is 5.60 Å². The molecule has 0 aromatic carbocycles. The highest BCUT2D eigenvalue weighted by Crippen LogP contribution is 2.39. The van der Waals surface area contributed by atoms with Gasteiger partial charge in [-0.15, -0.1) is 0 Å². The van der Waals surface area contributed by atoms with E-state index in [-0.39, 0.29) is 0 Å². The van der Waals surface area contributed by atoms with Gasteiger partial charge < -0.3 is 15.3 Å². The molecule has 1 aliphatic carbocycles. The van der Waals surface area contributed by atoms with Crippen molar-refractivity contribution in [3.05, 3.63) is 0 Å². The summed E-state index contributed by atoms with van der Waals surface area (Å²) < 4.78 is 0. The second-order valence-electron chi connectivity index (χ2n) is 8.33. The second-order valence-corrected chi connectivity index (χ2v) is 8.33. The molecule has 3 nitrogen and oxygen atoms in total. The Morgan fingerprint density at radius 2 is 1.86 bits per heavy atom. The first kappa shape index (κ1) is 18.9. The van der Waals surface area contributed by atoms with E-state index < -0.39 is 5.60 Å². The number of rotatable bonds is 8. The Bertz CT molecular complexity index is 288. The van der Waals surface area contributed by atoms with E-state index in [1.807, 2.05) is 13.8 Å². The van der Waals surface area contributed by atoms with Crippen LogP contribution in [0.15, 0.2) is 0 Å². The lowest BCUT2D eigenvalue weighted by Crippen LogP contribution is -2.50. The van der Waals surface area contributed by atoms with Crippen molar-refractivity contribution in [2.45, 2.75) is 78.9 Å². The van der Waals surface area contributed by atoms with Crippen LogP contribution in [0.3, 0.4) is 0 Å². The molecule has 1 fully saturated rings. The molecule has 0 atom stereocenters. The number of nitrogens with one attached hydrogen (secondary N) is 1. The van der Waals surface area contributed by atoms with Gasteiger partial charge >= 0.3 is 0 Å². The van der Waals surface area contributed by atoms with E-state index in [9.17, 15) is 5.11 Å². The number of hydrogen-bond acceptors (Lipinski definition) is 3. The molecule has 0 spiro atoms. The predicted molar refractivity (Wildman–Crippen MR) is 91.6 cm³/mol. The first-order valence-electron chi connectivity index (χ1n) is 8.84. The third kappa shape index (κ3) is 7.12. The molecule has 1 rings (SSSR count). The molecule has 1 aliphatic rings. The molecular weight excluding hydrogens is 260 g/mol. The number of likely N-dealkylation sites (N-methyl/N-ethyl adjacent to an activating group) is 1. The summed E-state index contributed by atoms with van der Waals surface area (Å²) in [6.07, 6.45) is 5.33. The van der Waals surface area contributed by atoms with Gasteiger partial charge in [-0.05, 0) is 44.6 Å². The van der Waals surface area contributed by atoms with Crippen LogP contribution in [0.5, 0.6) is 0 Å². The van der Waals surface area contributed by atoms with Crippen molar-refractivity contribution >= 4 is 0 Å². The molecule has 0 aliphatic heterocycles. The van der Waals surface area contributed by atoms with Crippen LogP contribution in [-0.2, 0) is 0 Å². The minimum Gasteiger partial charge on any atom is -0.389 e. The van der Waals surface area contributed by atoms with Crippen LogP contribution in [-0.4, -0.2) is 47.8 Å². The maximum atomic E-state index is 10.1. The van der Waals surface area contributed by atoms with Crippen LogP contribution >= 0.6 is 0 Å². The van der Waals surface area contributed by atoms with Crippen molar-refractivity contribution in [3.8, 4) is 0 Å². The third-order valence-corrected chi connectivity index (χ3v) is 4.84. The van der Waals surface area contributed by atoms with Crippen LogP contribution in [0.4, 0.5) is 0 Å². The molecule has 1 saturated carbocycles. The minimum atomic E-state index is -0.607. The van der Waals surface area contributed by atoms with Crippen molar-refractivity contribution in [1.29, 1.82) is 0 Å². The molecule has 126 valence electrons. The molecule has 0 amide bonds. The standard InChI is InChI=1S/C18H38N2O/c1-7-20(13-17(5,6)21)14-18(12-19-15(2)3)10-8-16(4)9-11-18/h15-16,19,21H,7-14H2,1-6H3. The molecule has 0 bridgehead atoms. The molecular formula is C18H38N2O. The summed E-state index contributed by atoms with van der Waals surface area (Å²) in [6, 6.07) is 0.547. The molecule has 0 radical (unpaired) electrons. The predicted octanol–water partition coefficient (Wildman–Crippen LogP) is 3.27. The van der Waals surface area contributed by atoms with Crippen molar-refractivity contribution in [1.82, 2.24) is 10.2 Å². The summed E-state index contributed by atoms with van der Waals surface area (Å²) in [4.78, 5) is 2.44. The fraction of sp³-hybridized carbons (Fsp3) is 1.00. The van der Waals surface area contributed by atoms with E-state index in [2.05, 4.69) is 37.9 Å². The summed E-state index contributed by atoms with van der Waals surface area (Å²) in [7, 11) is 0. The summed E-state index contributed by atoms with van der Waals surface area (Å²) in [6.45, 7) is 16.9. The average Bonchev–Trinajstić information content (AvgIpc) is 2.37. The van der Waals surface area contributed by atoms with E-state index in [0.717, 1.165) is 32.1 Å². The Labute approximate surface area is 132 Å². The van der Waals surface area contributed by atoms with Gasteiger partial charge in [0.2, 0.25) is 0 Å². The highest BCUT2D eigenvalue weighted by molar-refractivity contribution is 4.90. The highest BCUT2D eigenvalue weighted by Gasteiger charge is 2.36. The number of nitrogens with zero attached hydrogens (tertiary/aromatic N) is 1. The maximum Gasteiger partial charge on any atom is 0.0718 e. The number of aliphatic hydroxyl groups is 1. The van der Waals surface area contributed by atoms with Crippen LogP contribution in [0.2, 0.25) is 0 Å². The molecule has 0 unspecified atom stereocenters. The van der Waals surface area contributed by atoms with E-state index in [4.69, 9.17) is 0 Å². The average molecular weight is 299 g/mol. The first-order chi connectivity index (χ1) is 9.66. The quantitative estimate of drug-likeness (QED) is 0.722. The van der Waals surface area contributed by atoms with Crippen molar-refractivity contribution < 1.29 is 5.11 Å². The summed E-state index contributed by atoms with van der Waals surface area (Å²) >= 11 is 0. The van der Waals surface area contributed by atoms with E-state index in [0.29, 0.717) is 11.5 Å². The van der Waals surface area contributed by atoms with Gasteiger partial charge in [-0.3, -0.25) is 0 Å². The topological polar surface area (TPSA) is 35.5 Å². The highest BCUT2D eigenvalue weighted by atomic mass is 16.3. The van der Waals surface area contributed by atoms with Gasteiger partial charge in [0.25, 0.3) is 0 Å². The Hall–Kier alpha value is -0.120. The normalized spacial score (nSPS) is 27.6. The lowest BCUT2D eigenvalue weighted by Gasteiger charge is -2.44. The van der Waals surface area contributed by atoms with Gasteiger partial charge in [0.1, 0.15) is 0 Å². The lowest BCUT2D eigenvalue weighted by molar-refractivity contribution is 0.0109. The third-order valence-electron chi connectivity index (χ3n) is 4.84. The Morgan fingerprint density at radius 3 is 2.29 bits per heavy atom. The molecule has 2 N–H and O–H groups in total. The van der Waals surface area contributed by atoms with Crippen LogP contribution in [0.1, 0.15) is 67.2 Å². The van der Waals surface area contributed by atoms with Crippen molar-refractivity contribution in [2.24, 2.45) is 11.3 Å². The van der Waals surface area contributed by atoms with Crippen LogP contribution in [0.25, 0.3) is 0 Å². The molecule has 0 aromatic rings. The van der Waals surface area contributed by atoms with Gasteiger partial charge in [-0.25, -0.2) is 0 Å². The largest absolute Gasteiger partial charge is 0.389 e. The SMILES string of the molecule is CCN(CC(C)(C)O)CC1(CNC(C)C)CCC(C)CC1. The first-order valence-corrected chi connectivity index (χ1v) is 8.84. The molecule has 3 heteroatoms. The molecule has 0 heterocycles. The number of hydrogen-bond donors (Lipinski definition) is 2. The van der Waals surface area contributed by atoms with Gasteiger partial charge in [-0.1, -0.05) is 40.5 Å². The van der Waals surface area contributed by atoms with Crippen molar-refractivity contribution in [3.63, 3.8) is 0 Å². The molecule has 0 aromatic heterocycles. The Balaban J connectivity index is 2.71. The van der Waals surface area contributed by atoms with Gasteiger partial charge in [0.15, 0.2) is 0 Å². The zero-order valence-corrected chi connectivity index (χ0v) is 15.2. The zero-order valence-electron chi connectivity index (χ0n) is 15.2. The summed E-state index contributed by atoms with van der Waals surface area (Å²) in [5.74, 6) is 0.876. The van der Waals surface area contributed by atoms with E-state index >= 15 is 0 Å². The van der Waals surface area contributed by atoms with E-state index in [1.54, 1.807) is 0 Å². The lowest BCUT2D eigenvalue weighted by atomic mass is 9.70. The fourth-order valence-electron chi connectivity index (χ4n) is 3.49. The van der Waals surface area contributed by atoms with Gasteiger partial charge in [0, 0.05) is 25.7 Å². The smallest absolute Gasteiger partial charge is 0.0718 e. The van der Waals surface area contributed by atoms with E-state index in [1.165, 1.54) is 25.7 Å². The Kier molecular flexibility index (Phi) is 7.15. The monoisotopic (exact) mass is 298 g/mol. The minimum absolute atomic E-state index is 0.387. The Morgan fingerprint density at radius 1 is 1.29 bits per heavy atom. The van der Waals surface area contributed by atoms with Crippen LogP contribution in [0, 0.1) is 11.3 Å². The molecule has 0 saturated heterocycles. The van der Waals surface area contributed by atoms with Gasteiger partial charge in [-0.2, -0.15) is 0 Å². The maximum absolute atomic E-state index is 10.1. The summed E-state index contributed by atoms with van der Waals surface area (Å²) in [5.41, 5.74) is -0.220. The van der Waals surface area contributed by atoms with Crippen molar-refractivity contribution in [2.75, 3.05) is 26.2 Å².